The summed E-state index contributed by atoms with van der Waals surface area (Å²) in [6.07, 6.45) is 0. The van der Waals surface area contributed by atoms with E-state index in [4.69, 9.17) is 0 Å². The van der Waals surface area contributed by atoms with Crippen LogP contribution in [0.5, 0.6) is 0 Å². The van der Waals surface area contributed by atoms with Gasteiger partial charge in [0.1, 0.15) is 5.82 Å². The molecule has 0 unspecified atom stereocenters. The monoisotopic (exact) mass is 251 g/mol. The molecule has 1 amide bonds. The van der Waals surface area contributed by atoms with Gasteiger partial charge in [0.2, 0.25) is 0 Å². The number of hydrogen-bond donors (Lipinski definition) is 1. The molecule has 0 saturated heterocycles. The van der Waals surface area contributed by atoms with Gasteiger partial charge in [-0.1, -0.05) is 26.8 Å². The largest absolute Gasteiger partial charge is 0.345 e. The minimum atomic E-state index is -0.494. The van der Waals surface area contributed by atoms with Crippen molar-refractivity contribution in [2.24, 2.45) is 5.41 Å². The Bertz CT molecular complexity index is 475. The molecule has 1 N–H and O–H groups in total. The zero-order valence-electron chi connectivity index (χ0n) is 11.1. The van der Waals surface area contributed by atoms with Gasteiger partial charge in [0, 0.05) is 11.0 Å². The van der Waals surface area contributed by atoms with Gasteiger partial charge in [0.25, 0.3) is 5.91 Å². The number of carbonyl (C=O) groups is 2. The van der Waals surface area contributed by atoms with E-state index in [2.05, 4.69) is 5.32 Å². The molecule has 0 spiro atoms. The van der Waals surface area contributed by atoms with Gasteiger partial charge < -0.3 is 5.32 Å². The first-order valence-electron chi connectivity index (χ1n) is 5.79. The molecule has 0 fully saturated rings. The van der Waals surface area contributed by atoms with Crippen molar-refractivity contribution in [2.75, 3.05) is 6.54 Å². The topological polar surface area (TPSA) is 46.2 Å². The quantitative estimate of drug-likeness (QED) is 0.897. The molecule has 1 rings (SSSR count). The molecule has 1 aromatic rings. The molecule has 0 radical (unpaired) electrons. The Morgan fingerprint density at radius 1 is 1.28 bits per heavy atom. The molecule has 1 aromatic carbocycles. The first-order chi connectivity index (χ1) is 8.21. The van der Waals surface area contributed by atoms with E-state index in [9.17, 15) is 14.0 Å². The van der Waals surface area contributed by atoms with Crippen molar-refractivity contribution < 1.29 is 14.0 Å². The fourth-order valence-electron chi connectivity index (χ4n) is 1.26. The SMILES string of the molecule is Cc1ccc(C(=O)NCC(=O)C(C)(C)C)cc1F. The number of amides is 1. The lowest BCUT2D eigenvalue weighted by atomic mass is 9.91. The highest BCUT2D eigenvalue weighted by molar-refractivity contribution is 5.97. The van der Waals surface area contributed by atoms with Crippen LogP contribution in [0.2, 0.25) is 0 Å². The third kappa shape index (κ3) is 3.65. The van der Waals surface area contributed by atoms with Crippen molar-refractivity contribution in [3.05, 3.63) is 35.1 Å². The number of ketones is 1. The molecule has 0 aliphatic heterocycles. The van der Waals surface area contributed by atoms with Crippen LogP contribution in [-0.2, 0) is 4.79 Å². The van der Waals surface area contributed by atoms with E-state index in [1.807, 2.05) is 0 Å². The van der Waals surface area contributed by atoms with Gasteiger partial charge in [-0.25, -0.2) is 4.39 Å². The number of aryl methyl sites for hydroxylation is 1. The van der Waals surface area contributed by atoms with Crippen molar-refractivity contribution in [2.45, 2.75) is 27.7 Å². The number of nitrogens with one attached hydrogen (secondary N) is 1. The summed E-state index contributed by atoms with van der Waals surface area (Å²) < 4.78 is 13.3. The van der Waals surface area contributed by atoms with Crippen molar-refractivity contribution in [1.29, 1.82) is 0 Å². The molecule has 4 heteroatoms. The second-order valence-corrected chi connectivity index (χ2v) is 5.32. The average molecular weight is 251 g/mol. The van der Waals surface area contributed by atoms with Crippen LogP contribution in [0.1, 0.15) is 36.7 Å². The van der Waals surface area contributed by atoms with Gasteiger partial charge in [-0.15, -0.1) is 0 Å². The van der Waals surface area contributed by atoms with Crippen molar-refractivity contribution >= 4 is 11.7 Å². The molecule has 0 aromatic heterocycles. The number of hydrogen-bond acceptors (Lipinski definition) is 2. The average Bonchev–Trinajstić information content (AvgIpc) is 2.27. The van der Waals surface area contributed by atoms with E-state index < -0.39 is 17.1 Å². The highest BCUT2D eigenvalue weighted by atomic mass is 19.1. The Kier molecular flexibility index (Phi) is 4.22. The highest BCUT2D eigenvalue weighted by Crippen LogP contribution is 2.14. The number of benzene rings is 1. The van der Waals surface area contributed by atoms with Gasteiger partial charge >= 0.3 is 0 Å². The van der Waals surface area contributed by atoms with Crippen molar-refractivity contribution in [3.8, 4) is 0 Å². The lowest BCUT2D eigenvalue weighted by molar-refractivity contribution is -0.125. The lowest BCUT2D eigenvalue weighted by Gasteiger charge is -2.16. The first-order valence-corrected chi connectivity index (χ1v) is 5.79. The Morgan fingerprint density at radius 2 is 1.89 bits per heavy atom. The summed E-state index contributed by atoms with van der Waals surface area (Å²) >= 11 is 0. The zero-order valence-corrected chi connectivity index (χ0v) is 11.1. The Labute approximate surface area is 106 Å². The number of Topliss-reactive ketones (excluding diaryl/α,β-unsaturated/α-hetero) is 1. The molecule has 0 heterocycles. The molecular weight excluding hydrogens is 233 g/mol. The number of halogens is 1. The Morgan fingerprint density at radius 3 is 2.39 bits per heavy atom. The summed E-state index contributed by atoms with van der Waals surface area (Å²) in [6, 6.07) is 4.25. The summed E-state index contributed by atoms with van der Waals surface area (Å²) in [4.78, 5) is 23.3. The molecule has 18 heavy (non-hydrogen) atoms. The van der Waals surface area contributed by atoms with E-state index >= 15 is 0 Å². The van der Waals surface area contributed by atoms with E-state index in [1.54, 1.807) is 27.7 Å². The minimum absolute atomic E-state index is 0.0438. The van der Waals surface area contributed by atoms with Crippen LogP contribution in [0.3, 0.4) is 0 Å². The number of carbonyl (C=O) groups excluding carboxylic acids is 2. The lowest BCUT2D eigenvalue weighted by Crippen LogP contribution is -2.35. The molecule has 0 bridgehead atoms. The third-order valence-corrected chi connectivity index (χ3v) is 2.68. The van der Waals surface area contributed by atoms with E-state index in [0.717, 1.165) is 0 Å². The van der Waals surface area contributed by atoms with Crippen LogP contribution >= 0.6 is 0 Å². The summed E-state index contributed by atoms with van der Waals surface area (Å²) in [7, 11) is 0. The van der Waals surface area contributed by atoms with E-state index in [0.29, 0.717) is 5.56 Å². The molecule has 0 aliphatic rings. The van der Waals surface area contributed by atoms with Crippen molar-refractivity contribution in [3.63, 3.8) is 0 Å². The summed E-state index contributed by atoms with van der Waals surface area (Å²) in [5.74, 6) is -0.931. The summed E-state index contributed by atoms with van der Waals surface area (Å²) in [6.45, 7) is 6.94. The molecular formula is C14H18FNO2. The maximum absolute atomic E-state index is 13.3. The second-order valence-electron chi connectivity index (χ2n) is 5.32. The smallest absolute Gasteiger partial charge is 0.251 e. The van der Waals surface area contributed by atoms with Crippen LogP contribution in [0, 0.1) is 18.2 Å². The van der Waals surface area contributed by atoms with Crippen molar-refractivity contribution in [1.82, 2.24) is 5.32 Å². The number of rotatable bonds is 3. The van der Waals surface area contributed by atoms with Crippen LogP contribution in [-0.4, -0.2) is 18.2 Å². The maximum Gasteiger partial charge on any atom is 0.251 e. The van der Waals surface area contributed by atoms with Crippen LogP contribution in [0.4, 0.5) is 4.39 Å². The van der Waals surface area contributed by atoms with Gasteiger partial charge in [0.05, 0.1) is 6.54 Å². The predicted octanol–water partition coefficient (Wildman–Crippen LogP) is 2.48. The predicted molar refractivity (Wildman–Crippen MR) is 67.9 cm³/mol. The fourth-order valence-corrected chi connectivity index (χ4v) is 1.26. The van der Waals surface area contributed by atoms with E-state index in [-0.39, 0.29) is 17.9 Å². The first kappa shape index (κ1) is 14.4. The maximum atomic E-state index is 13.3. The second kappa shape index (κ2) is 5.29. The highest BCUT2D eigenvalue weighted by Gasteiger charge is 2.21. The molecule has 0 saturated carbocycles. The molecule has 0 atom stereocenters. The van der Waals surface area contributed by atoms with Gasteiger partial charge in [-0.2, -0.15) is 0 Å². The molecule has 0 aliphatic carbocycles. The summed E-state index contributed by atoms with van der Waals surface area (Å²) in [5, 5.41) is 2.50. The Hall–Kier alpha value is -1.71. The standard InChI is InChI=1S/C14H18FNO2/c1-9-5-6-10(7-11(9)15)13(18)16-8-12(17)14(2,3)4/h5-7H,8H2,1-4H3,(H,16,18). The van der Waals surface area contributed by atoms with Gasteiger partial charge in [0.15, 0.2) is 5.78 Å². The molecule has 3 nitrogen and oxygen atoms in total. The Balaban J connectivity index is 2.66. The van der Waals surface area contributed by atoms with Crippen LogP contribution < -0.4 is 5.32 Å². The van der Waals surface area contributed by atoms with Crippen LogP contribution in [0.15, 0.2) is 18.2 Å². The van der Waals surface area contributed by atoms with Gasteiger partial charge in [-0.3, -0.25) is 9.59 Å². The minimum Gasteiger partial charge on any atom is -0.345 e. The molecule has 98 valence electrons. The summed E-state index contributed by atoms with van der Waals surface area (Å²) in [5.41, 5.74) is 0.211. The van der Waals surface area contributed by atoms with Gasteiger partial charge in [-0.05, 0) is 24.6 Å². The normalized spacial score (nSPS) is 11.2. The third-order valence-electron chi connectivity index (χ3n) is 2.68. The van der Waals surface area contributed by atoms with E-state index in [1.165, 1.54) is 18.2 Å². The fraction of sp³-hybridized carbons (Fsp3) is 0.429. The zero-order chi connectivity index (χ0) is 13.9. The van der Waals surface area contributed by atoms with Crippen LogP contribution in [0.25, 0.3) is 0 Å².